The second-order valence-electron chi connectivity index (χ2n) is 1.01. The summed E-state index contributed by atoms with van der Waals surface area (Å²) in [6.07, 6.45) is 1.12. The molecule has 0 bridgehead atoms. The molecule has 0 heterocycles. The van der Waals surface area contributed by atoms with Crippen LogP contribution < -0.4 is 0 Å². The Morgan fingerprint density at radius 3 is 1.00 bits per heavy atom. The first-order chi connectivity index (χ1) is 3.63. The van der Waals surface area contributed by atoms with Crippen LogP contribution in [0, 0.1) is 0 Å². The zero-order chi connectivity index (χ0) is 6.57. The van der Waals surface area contributed by atoms with Crippen molar-refractivity contribution < 1.29 is 19.8 Å². The van der Waals surface area contributed by atoms with Crippen molar-refractivity contribution >= 4 is 217 Å². The Morgan fingerprint density at radius 2 is 0.917 bits per heavy atom. The molecule has 0 radical (unpaired) electrons. The summed E-state index contributed by atoms with van der Waals surface area (Å²) in [5.41, 5.74) is 0. The Labute approximate surface area is 241 Å². The molecule has 0 aromatic carbocycles. The van der Waals surface area contributed by atoms with E-state index in [9.17, 15) is 9.59 Å². The zero-order valence-electron chi connectivity index (χ0n) is 3.87. The molecule has 0 aliphatic carbocycles. The van der Waals surface area contributed by atoms with Gasteiger partial charge in [-0.1, -0.05) is 0 Å². The van der Waals surface area contributed by atoms with Gasteiger partial charge in [-0.15, -0.1) is 0 Å². The van der Waals surface area contributed by atoms with Crippen LogP contribution in [0.5, 0.6) is 0 Å². The van der Waals surface area contributed by atoms with Crippen LogP contribution in [-0.4, -0.2) is 228 Å². The number of aliphatic carboxylic acids is 2. The van der Waals surface area contributed by atoms with Gasteiger partial charge in [0.15, 0.2) is 0 Å². The zero-order valence-corrected chi connectivity index (χ0v) is 3.87. The van der Waals surface area contributed by atoms with E-state index in [0.29, 0.717) is 12.2 Å². The fraction of sp³-hybridized carbons (Fsp3) is 0. The van der Waals surface area contributed by atoms with E-state index in [1.165, 1.54) is 0 Å². The Morgan fingerprint density at radius 1 is 0.750 bits per heavy atom. The minimum absolute atomic E-state index is 0. The summed E-state index contributed by atoms with van der Waals surface area (Å²) < 4.78 is 0. The van der Waals surface area contributed by atoms with E-state index in [1.807, 2.05) is 0 Å². The molecule has 0 aromatic rings. The summed E-state index contributed by atoms with van der Waals surface area (Å²) in [6.45, 7) is 0. The van der Waals surface area contributed by atoms with Gasteiger partial charge in [-0.25, -0.2) is 9.59 Å². The molecule has 0 aliphatic heterocycles. The number of carboxylic acid groups (broad SMARTS) is 2. The van der Waals surface area contributed by atoms with Gasteiger partial charge in [-0.2, -0.15) is 0 Å². The third kappa shape index (κ3) is 29.5. The van der Waals surface area contributed by atoms with Gasteiger partial charge in [0, 0.05) is 12.2 Å². The van der Waals surface area contributed by atoms with Crippen LogP contribution in [0.2, 0.25) is 0 Å². The summed E-state index contributed by atoms with van der Waals surface area (Å²) in [6, 6.07) is 0. The van der Waals surface area contributed by atoms with Crippen molar-refractivity contribution in [2.75, 3.05) is 0 Å². The van der Waals surface area contributed by atoms with Crippen LogP contribution in [0.15, 0.2) is 12.2 Å². The maximum atomic E-state index is 9.55. The average Bonchev–Trinajstić information content (AvgIpc) is 1.61. The van der Waals surface area contributed by atoms with Crippen LogP contribution in [0.4, 0.5) is 0 Å². The number of hydrogen-bond acceptors (Lipinski definition) is 2. The van der Waals surface area contributed by atoms with E-state index in [0.717, 1.165) is 0 Å². The third-order valence-corrected chi connectivity index (χ3v) is 0.368. The molecule has 0 fully saturated rings. The average molecular weight is 276 g/mol. The van der Waals surface area contributed by atoms with Gasteiger partial charge in [0.1, 0.15) is 0 Å². The summed E-state index contributed by atoms with van der Waals surface area (Å²) >= 11 is 0. The number of carboxylic acids is 2. The van der Waals surface area contributed by atoms with Gasteiger partial charge in [0.2, 0.25) is 0 Å². The molecule has 4 nitrogen and oxygen atoms in total. The summed E-state index contributed by atoms with van der Waals surface area (Å²) in [5, 5.41) is 15.6. The molecule has 0 unspecified atom stereocenters. The molecule has 2 N–H and O–H groups in total. The predicted octanol–water partition coefficient (Wildman–Crippen LogP) is -2.88. The fourth-order valence-electron chi connectivity index (χ4n) is 0.143. The number of carbonyl (C=O) groups is 2. The SMILES string of the molecule is O=C(O)/C=C\C(=O)O.[KH].[KH].[KH].[KH]. The second kappa shape index (κ2) is 21.5. The minimum atomic E-state index is -1.26. The van der Waals surface area contributed by atoms with Crippen molar-refractivity contribution in [3.05, 3.63) is 12.2 Å². The summed E-state index contributed by atoms with van der Waals surface area (Å²) in [4.78, 5) is 19.1. The molecular formula is C4H8K4O4. The van der Waals surface area contributed by atoms with Gasteiger partial charge in [-0.05, 0) is 0 Å². The predicted molar refractivity (Wildman–Crippen MR) is 53.0 cm³/mol. The van der Waals surface area contributed by atoms with Gasteiger partial charge >= 0.3 is 217 Å². The molecule has 52 valence electrons. The summed E-state index contributed by atoms with van der Waals surface area (Å²) in [5.74, 6) is -2.51. The fourth-order valence-corrected chi connectivity index (χ4v) is 0.143. The molecule has 0 rings (SSSR count). The van der Waals surface area contributed by atoms with Crippen molar-refractivity contribution in [1.82, 2.24) is 0 Å². The molecule has 0 saturated heterocycles. The van der Waals surface area contributed by atoms with Crippen LogP contribution >= 0.6 is 0 Å². The van der Waals surface area contributed by atoms with Crippen molar-refractivity contribution in [3.8, 4) is 0 Å². The van der Waals surface area contributed by atoms with E-state index in [2.05, 4.69) is 0 Å². The third-order valence-electron chi connectivity index (χ3n) is 0.368. The topological polar surface area (TPSA) is 74.6 Å². The van der Waals surface area contributed by atoms with Gasteiger partial charge in [0.05, 0.1) is 0 Å². The number of rotatable bonds is 2. The Bertz CT molecular complexity index is 130. The molecule has 0 aliphatic rings. The molecule has 0 atom stereocenters. The Kier molecular flexibility index (Phi) is 54.4. The quantitative estimate of drug-likeness (QED) is 0.420. The van der Waals surface area contributed by atoms with E-state index >= 15 is 0 Å². The van der Waals surface area contributed by atoms with Crippen molar-refractivity contribution in [3.63, 3.8) is 0 Å². The molecule has 0 spiro atoms. The molecule has 0 amide bonds. The first-order valence-corrected chi connectivity index (χ1v) is 1.77. The molecule has 8 heteroatoms. The second-order valence-corrected chi connectivity index (χ2v) is 1.01. The van der Waals surface area contributed by atoms with Crippen LogP contribution in [-0.2, 0) is 9.59 Å². The Balaban J connectivity index is -0.0000000408. The van der Waals surface area contributed by atoms with Crippen LogP contribution in [0.25, 0.3) is 0 Å². The van der Waals surface area contributed by atoms with E-state index < -0.39 is 11.9 Å². The van der Waals surface area contributed by atoms with Crippen molar-refractivity contribution in [1.29, 1.82) is 0 Å². The normalized spacial score (nSPS) is 6.33. The molecule has 12 heavy (non-hydrogen) atoms. The van der Waals surface area contributed by atoms with Crippen LogP contribution in [0.3, 0.4) is 0 Å². The van der Waals surface area contributed by atoms with Crippen molar-refractivity contribution in [2.24, 2.45) is 0 Å². The molecule has 0 saturated carbocycles. The molecule has 0 aromatic heterocycles. The standard InChI is InChI=1S/C4H4O4.4K.4H/c5-3(6)1-2-4(7)8;;;;;;;;/h1-2H,(H,5,6)(H,7,8);;;;;;;;/b2-1-;;;;;;;;. The van der Waals surface area contributed by atoms with E-state index in [1.54, 1.807) is 0 Å². The maximum absolute atomic E-state index is 9.55. The Hall–Kier alpha value is 5.23. The first kappa shape index (κ1) is 30.3. The van der Waals surface area contributed by atoms with Gasteiger partial charge < -0.3 is 10.2 Å². The first-order valence-electron chi connectivity index (χ1n) is 1.77. The van der Waals surface area contributed by atoms with Crippen LogP contribution in [0.1, 0.15) is 0 Å². The van der Waals surface area contributed by atoms with E-state index in [4.69, 9.17) is 10.2 Å². The summed E-state index contributed by atoms with van der Waals surface area (Å²) in [7, 11) is 0. The van der Waals surface area contributed by atoms with Gasteiger partial charge in [-0.3, -0.25) is 0 Å². The van der Waals surface area contributed by atoms with E-state index in [-0.39, 0.29) is 206 Å². The molecular weight excluding hydrogens is 268 g/mol. The number of hydrogen-bond donors (Lipinski definition) is 2. The van der Waals surface area contributed by atoms with Gasteiger partial charge in [0.25, 0.3) is 0 Å². The monoisotopic (exact) mass is 276 g/mol. The van der Waals surface area contributed by atoms with Crippen molar-refractivity contribution in [2.45, 2.75) is 0 Å².